The number of nitrogens with one attached hydrogen (secondary N) is 1. The molecule has 0 fully saturated rings. The maximum Gasteiger partial charge on any atom is 0.272 e. The van der Waals surface area contributed by atoms with Crippen LogP contribution in [0, 0.1) is 26.6 Å². The van der Waals surface area contributed by atoms with Gasteiger partial charge >= 0.3 is 0 Å². The first-order valence-corrected chi connectivity index (χ1v) is 9.22. The van der Waals surface area contributed by atoms with Crippen LogP contribution in [0.1, 0.15) is 35.5 Å². The van der Waals surface area contributed by atoms with E-state index in [-0.39, 0.29) is 17.3 Å². The number of aromatic amines is 1. The standard InChI is InChI=1S/C21H22FN5O/c1-12(11-26-15(4)13(2)14(3)25-26)19-9-20(28)27-21(24-19)18(10-23-27)16-5-7-17(22)8-6-16/h5-10,12,23H,11H2,1-4H3. The molecular weight excluding hydrogens is 357 g/mol. The SMILES string of the molecule is Cc1nn(CC(C)c2cc(=O)n3[nH]cc(-c4ccc(F)cc4)c3n2)c(C)c1C. The van der Waals surface area contributed by atoms with Crippen LogP contribution < -0.4 is 5.56 Å². The molecule has 0 aliphatic carbocycles. The molecule has 3 heterocycles. The van der Waals surface area contributed by atoms with Crippen molar-refractivity contribution in [2.45, 2.75) is 40.2 Å². The van der Waals surface area contributed by atoms with E-state index in [4.69, 9.17) is 4.98 Å². The molecule has 144 valence electrons. The van der Waals surface area contributed by atoms with E-state index in [2.05, 4.69) is 17.1 Å². The Bertz CT molecular complexity index is 1220. The van der Waals surface area contributed by atoms with Crippen LogP contribution in [0.4, 0.5) is 4.39 Å². The van der Waals surface area contributed by atoms with E-state index in [0.717, 1.165) is 22.5 Å². The molecule has 0 spiro atoms. The fourth-order valence-corrected chi connectivity index (χ4v) is 3.41. The lowest BCUT2D eigenvalue weighted by atomic mass is 10.1. The van der Waals surface area contributed by atoms with E-state index in [1.165, 1.54) is 22.2 Å². The molecule has 3 aromatic heterocycles. The van der Waals surface area contributed by atoms with Crippen molar-refractivity contribution >= 4 is 5.65 Å². The van der Waals surface area contributed by atoms with Crippen LogP contribution in [0.5, 0.6) is 0 Å². The van der Waals surface area contributed by atoms with Crippen LogP contribution >= 0.6 is 0 Å². The second kappa shape index (κ2) is 6.74. The summed E-state index contributed by atoms with van der Waals surface area (Å²) in [6.45, 7) is 8.78. The van der Waals surface area contributed by atoms with E-state index in [1.807, 2.05) is 25.5 Å². The number of fused-ring (bicyclic) bond motifs is 1. The van der Waals surface area contributed by atoms with Gasteiger partial charge in [-0.2, -0.15) is 5.10 Å². The Balaban J connectivity index is 1.75. The zero-order valence-electron chi connectivity index (χ0n) is 16.3. The van der Waals surface area contributed by atoms with Crippen LogP contribution in [0.15, 0.2) is 41.3 Å². The maximum absolute atomic E-state index is 13.3. The van der Waals surface area contributed by atoms with Crippen LogP contribution in [0.25, 0.3) is 16.8 Å². The molecule has 6 nitrogen and oxygen atoms in total. The molecule has 7 heteroatoms. The molecule has 28 heavy (non-hydrogen) atoms. The average Bonchev–Trinajstić information content (AvgIpc) is 3.20. The summed E-state index contributed by atoms with van der Waals surface area (Å²) in [7, 11) is 0. The highest BCUT2D eigenvalue weighted by atomic mass is 19.1. The third-order valence-corrected chi connectivity index (χ3v) is 5.37. The Morgan fingerprint density at radius 2 is 1.89 bits per heavy atom. The zero-order chi connectivity index (χ0) is 20.0. The molecular formula is C21H22FN5O. The summed E-state index contributed by atoms with van der Waals surface area (Å²) in [5.41, 5.74) is 5.93. The van der Waals surface area contributed by atoms with Gasteiger partial charge in [0.05, 0.1) is 11.4 Å². The number of hydrogen-bond donors (Lipinski definition) is 1. The number of rotatable bonds is 4. The van der Waals surface area contributed by atoms with Gasteiger partial charge in [0.1, 0.15) is 5.82 Å². The Hall–Kier alpha value is -3.22. The number of H-pyrrole nitrogens is 1. The molecule has 0 radical (unpaired) electrons. The summed E-state index contributed by atoms with van der Waals surface area (Å²) in [5.74, 6) is -0.297. The van der Waals surface area contributed by atoms with Crippen molar-refractivity contribution < 1.29 is 4.39 Å². The smallest absolute Gasteiger partial charge is 0.272 e. The highest BCUT2D eigenvalue weighted by Gasteiger charge is 2.17. The van der Waals surface area contributed by atoms with Gasteiger partial charge < -0.3 is 0 Å². The van der Waals surface area contributed by atoms with Gasteiger partial charge in [-0.15, -0.1) is 0 Å². The van der Waals surface area contributed by atoms with Gasteiger partial charge in [0, 0.05) is 36.0 Å². The Kier molecular flexibility index (Phi) is 4.37. The van der Waals surface area contributed by atoms with Crippen LogP contribution in [0.3, 0.4) is 0 Å². The number of aromatic nitrogens is 5. The van der Waals surface area contributed by atoms with Crippen molar-refractivity contribution in [3.8, 4) is 11.1 Å². The second-order valence-corrected chi connectivity index (χ2v) is 7.25. The molecule has 1 atom stereocenters. The van der Waals surface area contributed by atoms with E-state index >= 15 is 0 Å². The predicted octanol–water partition coefficient (Wildman–Crippen LogP) is 3.75. The minimum absolute atomic E-state index is 0.00562. The van der Waals surface area contributed by atoms with Gasteiger partial charge in [-0.25, -0.2) is 13.9 Å². The minimum atomic E-state index is -0.303. The van der Waals surface area contributed by atoms with Crippen molar-refractivity contribution in [1.82, 2.24) is 24.4 Å². The normalized spacial score (nSPS) is 12.6. The average molecular weight is 379 g/mol. The summed E-state index contributed by atoms with van der Waals surface area (Å²) >= 11 is 0. The van der Waals surface area contributed by atoms with Crippen molar-refractivity contribution in [2.24, 2.45) is 0 Å². The number of benzene rings is 1. The third-order valence-electron chi connectivity index (χ3n) is 5.37. The van der Waals surface area contributed by atoms with Gasteiger partial charge in [0.25, 0.3) is 5.56 Å². The number of hydrogen-bond acceptors (Lipinski definition) is 3. The summed E-state index contributed by atoms with van der Waals surface area (Å²) < 4.78 is 16.6. The van der Waals surface area contributed by atoms with E-state index in [1.54, 1.807) is 24.4 Å². The first kappa shape index (κ1) is 18.2. The molecule has 0 amide bonds. The maximum atomic E-state index is 13.3. The summed E-state index contributed by atoms with van der Waals surface area (Å²) in [6, 6.07) is 7.71. The van der Waals surface area contributed by atoms with Crippen LogP contribution in [0.2, 0.25) is 0 Å². The van der Waals surface area contributed by atoms with E-state index < -0.39 is 0 Å². The fourth-order valence-electron chi connectivity index (χ4n) is 3.41. The molecule has 0 saturated heterocycles. The Morgan fingerprint density at radius 1 is 1.18 bits per heavy atom. The fraction of sp³-hybridized carbons (Fsp3) is 0.286. The largest absolute Gasteiger partial charge is 0.296 e. The summed E-state index contributed by atoms with van der Waals surface area (Å²) in [5, 5.41) is 7.52. The quantitative estimate of drug-likeness (QED) is 0.587. The van der Waals surface area contributed by atoms with Crippen LogP contribution in [-0.2, 0) is 6.54 Å². The van der Waals surface area contributed by atoms with Gasteiger partial charge in [0.2, 0.25) is 0 Å². The number of nitrogens with zero attached hydrogens (tertiary/aromatic N) is 4. The molecule has 0 aliphatic rings. The molecule has 1 unspecified atom stereocenters. The van der Waals surface area contributed by atoms with Gasteiger partial charge in [0.15, 0.2) is 5.65 Å². The Morgan fingerprint density at radius 3 is 2.54 bits per heavy atom. The molecule has 4 aromatic rings. The lowest BCUT2D eigenvalue weighted by Gasteiger charge is -2.13. The van der Waals surface area contributed by atoms with Gasteiger partial charge in [-0.3, -0.25) is 14.6 Å². The van der Waals surface area contributed by atoms with Crippen molar-refractivity contribution in [3.05, 3.63) is 75.3 Å². The van der Waals surface area contributed by atoms with Crippen molar-refractivity contribution in [1.29, 1.82) is 0 Å². The minimum Gasteiger partial charge on any atom is -0.296 e. The number of halogens is 1. The molecule has 1 N–H and O–H groups in total. The van der Waals surface area contributed by atoms with Crippen LogP contribution in [-0.4, -0.2) is 24.4 Å². The highest BCUT2D eigenvalue weighted by molar-refractivity contribution is 5.76. The monoisotopic (exact) mass is 379 g/mol. The topological polar surface area (TPSA) is 68.0 Å². The lowest BCUT2D eigenvalue weighted by Crippen LogP contribution is -2.18. The lowest BCUT2D eigenvalue weighted by molar-refractivity contribution is 0.520. The first-order chi connectivity index (χ1) is 13.3. The molecule has 4 rings (SSSR count). The second-order valence-electron chi connectivity index (χ2n) is 7.25. The highest BCUT2D eigenvalue weighted by Crippen LogP contribution is 2.25. The predicted molar refractivity (Wildman–Crippen MR) is 106 cm³/mol. The van der Waals surface area contributed by atoms with E-state index in [0.29, 0.717) is 17.9 Å². The number of aryl methyl sites for hydroxylation is 1. The van der Waals surface area contributed by atoms with Gasteiger partial charge in [-0.05, 0) is 44.0 Å². The molecule has 0 aliphatic heterocycles. The first-order valence-electron chi connectivity index (χ1n) is 9.22. The van der Waals surface area contributed by atoms with E-state index in [9.17, 15) is 9.18 Å². The molecule has 0 bridgehead atoms. The van der Waals surface area contributed by atoms with Crippen molar-refractivity contribution in [3.63, 3.8) is 0 Å². The molecule has 0 saturated carbocycles. The Labute approximate surface area is 161 Å². The summed E-state index contributed by atoms with van der Waals surface area (Å²) in [6.07, 6.45) is 1.72. The van der Waals surface area contributed by atoms with Crippen molar-refractivity contribution in [2.75, 3.05) is 0 Å². The van der Waals surface area contributed by atoms with Gasteiger partial charge in [-0.1, -0.05) is 19.1 Å². The summed E-state index contributed by atoms with van der Waals surface area (Å²) in [4.78, 5) is 17.3. The third kappa shape index (κ3) is 3.02. The zero-order valence-corrected chi connectivity index (χ0v) is 16.3. The molecule has 1 aromatic carbocycles.